The van der Waals surface area contributed by atoms with E-state index in [0.717, 1.165) is 0 Å². The number of aryl methyl sites for hydroxylation is 2. The number of benzene rings is 2. The van der Waals surface area contributed by atoms with E-state index in [1.807, 2.05) is 0 Å². The molecule has 0 saturated heterocycles. The molecule has 0 aromatic heterocycles. The number of hydrogen-bond acceptors (Lipinski definition) is 6. The van der Waals surface area contributed by atoms with Crippen molar-refractivity contribution in [2.45, 2.75) is 23.6 Å². The first-order valence-electron chi connectivity index (χ1n) is 7.23. The molecule has 26 heavy (non-hydrogen) atoms. The Morgan fingerprint density at radius 2 is 0.923 bits per heavy atom. The van der Waals surface area contributed by atoms with Crippen molar-refractivity contribution in [3.8, 4) is 0 Å². The average Bonchev–Trinajstić information content (AvgIpc) is 2.54. The van der Waals surface area contributed by atoms with Crippen molar-refractivity contribution < 1.29 is 36.2 Å². The number of hydrogen-bond donors (Lipinski definition) is 4. The summed E-state index contributed by atoms with van der Waals surface area (Å²) < 4.78 is 59.7. The summed E-state index contributed by atoms with van der Waals surface area (Å²) in [5.74, 6) is 0. The van der Waals surface area contributed by atoms with Crippen LogP contribution in [-0.4, -0.2) is 49.4 Å². The van der Waals surface area contributed by atoms with Gasteiger partial charge in [0.25, 0.3) is 20.2 Å². The number of rotatable bonds is 3. The monoisotopic (exact) mass is 406 g/mol. The highest BCUT2D eigenvalue weighted by Gasteiger charge is 2.11. The van der Waals surface area contributed by atoms with Crippen LogP contribution in [0.25, 0.3) is 0 Å². The van der Waals surface area contributed by atoms with Crippen molar-refractivity contribution in [3.05, 3.63) is 59.7 Å². The van der Waals surface area contributed by atoms with Gasteiger partial charge in [0.15, 0.2) is 0 Å². The van der Waals surface area contributed by atoms with Gasteiger partial charge in [-0.05, 0) is 37.1 Å². The molecule has 0 amide bonds. The number of aliphatic hydroxyl groups is 2. The standard InChI is InChI=1S/2C7H8O3S.C2H6O2/c2*1-6-4-2-3-5-7(6)11(8,9)10;3-1-2-4/h2*2-5H,1H3,(H,8,9,10);3-4H,1-2H2. The normalized spacial score (nSPS) is 10.8. The second kappa shape index (κ2) is 11.0. The van der Waals surface area contributed by atoms with Crippen LogP contribution in [0.1, 0.15) is 11.1 Å². The maximum atomic E-state index is 10.6. The Morgan fingerprint density at radius 1 is 0.654 bits per heavy atom. The molecule has 0 atom stereocenters. The van der Waals surface area contributed by atoms with E-state index in [9.17, 15) is 16.8 Å². The van der Waals surface area contributed by atoms with E-state index < -0.39 is 20.2 Å². The molecule has 2 aromatic rings. The molecule has 0 bridgehead atoms. The minimum absolute atomic E-state index is 0.0278. The second-order valence-corrected chi connectivity index (χ2v) is 7.71. The molecule has 0 saturated carbocycles. The average molecular weight is 406 g/mol. The van der Waals surface area contributed by atoms with Gasteiger partial charge in [-0.2, -0.15) is 16.8 Å². The first-order valence-corrected chi connectivity index (χ1v) is 10.1. The lowest BCUT2D eigenvalue weighted by Crippen LogP contribution is -1.99. The van der Waals surface area contributed by atoms with Crippen LogP contribution in [0.3, 0.4) is 0 Å². The van der Waals surface area contributed by atoms with Gasteiger partial charge in [0.1, 0.15) is 0 Å². The van der Waals surface area contributed by atoms with Crippen LogP contribution >= 0.6 is 0 Å². The Bertz CT molecular complexity index is 814. The lowest BCUT2D eigenvalue weighted by Gasteiger charge is -1.99. The van der Waals surface area contributed by atoms with E-state index in [1.165, 1.54) is 12.1 Å². The molecule has 146 valence electrons. The van der Waals surface area contributed by atoms with Crippen LogP contribution in [0.5, 0.6) is 0 Å². The highest BCUT2D eigenvalue weighted by molar-refractivity contribution is 7.86. The van der Waals surface area contributed by atoms with Gasteiger partial charge in [-0.3, -0.25) is 9.11 Å². The van der Waals surface area contributed by atoms with Crippen LogP contribution in [0.2, 0.25) is 0 Å². The molecule has 0 aliphatic rings. The van der Waals surface area contributed by atoms with Crippen LogP contribution in [-0.2, 0) is 20.2 Å². The van der Waals surface area contributed by atoms with Gasteiger partial charge < -0.3 is 10.2 Å². The summed E-state index contributed by atoms with van der Waals surface area (Å²) in [4.78, 5) is -0.0556. The molecular formula is C16H22O8S2. The van der Waals surface area contributed by atoms with E-state index in [1.54, 1.807) is 50.2 Å². The van der Waals surface area contributed by atoms with Crippen molar-refractivity contribution in [2.24, 2.45) is 0 Å². The third-order valence-corrected chi connectivity index (χ3v) is 4.87. The Kier molecular flexibility index (Phi) is 10.2. The first kappa shape index (κ1) is 24.2. The highest BCUT2D eigenvalue weighted by Crippen LogP contribution is 2.13. The van der Waals surface area contributed by atoms with Crippen LogP contribution in [0.4, 0.5) is 0 Å². The number of aliphatic hydroxyl groups excluding tert-OH is 2. The van der Waals surface area contributed by atoms with E-state index in [2.05, 4.69) is 0 Å². The fraction of sp³-hybridized carbons (Fsp3) is 0.250. The van der Waals surface area contributed by atoms with Crippen molar-refractivity contribution in [2.75, 3.05) is 13.2 Å². The van der Waals surface area contributed by atoms with E-state index >= 15 is 0 Å². The summed E-state index contributed by atoms with van der Waals surface area (Å²) >= 11 is 0. The van der Waals surface area contributed by atoms with Crippen LogP contribution < -0.4 is 0 Å². The largest absolute Gasteiger partial charge is 0.394 e. The molecule has 0 heterocycles. The zero-order valence-corrected chi connectivity index (χ0v) is 15.9. The molecule has 0 aliphatic carbocycles. The molecule has 2 aromatic carbocycles. The summed E-state index contributed by atoms with van der Waals surface area (Å²) in [6, 6.07) is 12.5. The zero-order valence-electron chi connectivity index (χ0n) is 14.3. The van der Waals surface area contributed by atoms with Gasteiger partial charge in [-0.25, -0.2) is 0 Å². The topological polar surface area (TPSA) is 149 Å². The third kappa shape index (κ3) is 9.04. The van der Waals surface area contributed by atoms with Crippen molar-refractivity contribution in [3.63, 3.8) is 0 Å². The molecule has 0 spiro atoms. The highest BCUT2D eigenvalue weighted by atomic mass is 32.2. The van der Waals surface area contributed by atoms with Gasteiger partial charge in [0, 0.05) is 0 Å². The Morgan fingerprint density at radius 3 is 1.08 bits per heavy atom. The molecule has 2 rings (SSSR count). The maximum Gasteiger partial charge on any atom is 0.294 e. The van der Waals surface area contributed by atoms with Crippen molar-refractivity contribution in [1.82, 2.24) is 0 Å². The second-order valence-electron chi connectivity index (χ2n) is 4.93. The van der Waals surface area contributed by atoms with Crippen LogP contribution in [0.15, 0.2) is 58.3 Å². The van der Waals surface area contributed by atoms with Gasteiger partial charge >= 0.3 is 0 Å². The van der Waals surface area contributed by atoms with Gasteiger partial charge in [-0.15, -0.1) is 0 Å². The van der Waals surface area contributed by atoms with E-state index in [0.29, 0.717) is 11.1 Å². The summed E-state index contributed by atoms with van der Waals surface area (Å²) in [6.07, 6.45) is 0. The van der Waals surface area contributed by atoms with Crippen LogP contribution in [0, 0.1) is 13.8 Å². The van der Waals surface area contributed by atoms with E-state index in [4.69, 9.17) is 19.3 Å². The van der Waals surface area contributed by atoms with Gasteiger partial charge in [-0.1, -0.05) is 36.4 Å². The predicted molar refractivity (Wildman–Crippen MR) is 96.2 cm³/mol. The molecule has 0 unspecified atom stereocenters. The molecule has 0 fully saturated rings. The minimum atomic E-state index is -4.03. The summed E-state index contributed by atoms with van der Waals surface area (Å²) in [6.45, 7) is 3.01. The smallest absolute Gasteiger partial charge is 0.294 e. The lowest BCUT2D eigenvalue weighted by molar-refractivity contribution is 0.186. The SMILES string of the molecule is Cc1ccccc1S(=O)(=O)O.Cc1ccccc1S(=O)(=O)O.OCCO. The first-order chi connectivity index (χ1) is 11.9. The fourth-order valence-corrected chi connectivity index (χ4v) is 3.14. The molecule has 10 heteroatoms. The third-order valence-electron chi connectivity index (χ3n) is 2.84. The van der Waals surface area contributed by atoms with Gasteiger partial charge in [0.2, 0.25) is 0 Å². The Labute approximate surface area is 153 Å². The maximum absolute atomic E-state index is 10.6. The predicted octanol–water partition coefficient (Wildman–Crippen LogP) is 1.45. The fourth-order valence-electron chi connectivity index (χ4n) is 1.69. The van der Waals surface area contributed by atoms with Crippen molar-refractivity contribution in [1.29, 1.82) is 0 Å². The van der Waals surface area contributed by atoms with Crippen molar-refractivity contribution >= 4 is 20.2 Å². The summed E-state index contributed by atoms with van der Waals surface area (Å²) in [5, 5.41) is 15.2. The minimum Gasteiger partial charge on any atom is -0.394 e. The van der Waals surface area contributed by atoms with E-state index in [-0.39, 0.29) is 23.0 Å². The molecule has 4 N–H and O–H groups in total. The quantitative estimate of drug-likeness (QED) is 0.560. The Balaban J connectivity index is 0.000000401. The zero-order chi connectivity index (χ0) is 20.4. The summed E-state index contributed by atoms with van der Waals surface area (Å²) in [5.41, 5.74) is 1.10. The molecule has 8 nitrogen and oxygen atoms in total. The van der Waals surface area contributed by atoms with Gasteiger partial charge in [0.05, 0.1) is 23.0 Å². The molecule has 0 aliphatic heterocycles. The molecular weight excluding hydrogens is 384 g/mol. The Hall–Kier alpha value is -1.82. The summed E-state index contributed by atoms with van der Waals surface area (Å²) in [7, 11) is -8.07. The lowest BCUT2D eigenvalue weighted by atomic mass is 10.2. The molecule has 0 radical (unpaired) electrons.